The number of carbonyl (C=O) groups excluding carboxylic acids is 1. The number of halogens is 1. The average Bonchev–Trinajstić information content (AvgIpc) is 2.66. The summed E-state index contributed by atoms with van der Waals surface area (Å²) in [4.78, 5) is 30.6. The zero-order valence-corrected chi connectivity index (χ0v) is 16.2. The molecule has 0 amide bonds. The topological polar surface area (TPSA) is 79.0 Å². The standard InChI is InChI=1S/C21H23FN4O2/c1-13(12-23)21(28)16-6-8-25(9-7-16)19-5-4-17(11-18(19)22)26-15(3)24-14(2)10-20(26)27/h4-6,10-13,23H,7-9H2,1-3H3. The van der Waals surface area contributed by atoms with Gasteiger partial charge in [0.2, 0.25) is 0 Å². The van der Waals surface area contributed by atoms with Gasteiger partial charge in [0, 0.05) is 37.1 Å². The monoisotopic (exact) mass is 382 g/mol. The molecule has 0 fully saturated rings. The molecule has 1 atom stereocenters. The van der Waals surface area contributed by atoms with Crippen molar-refractivity contribution in [2.75, 3.05) is 18.0 Å². The Morgan fingerprint density at radius 2 is 2.07 bits per heavy atom. The van der Waals surface area contributed by atoms with Crippen LogP contribution in [0.5, 0.6) is 0 Å². The molecule has 0 saturated heterocycles. The zero-order chi connectivity index (χ0) is 20.4. The molecule has 1 aliphatic heterocycles. The Kier molecular flexibility index (Phi) is 5.53. The van der Waals surface area contributed by atoms with E-state index in [-0.39, 0.29) is 11.3 Å². The van der Waals surface area contributed by atoms with Gasteiger partial charge in [-0.05, 0) is 38.0 Å². The quantitative estimate of drug-likeness (QED) is 0.807. The van der Waals surface area contributed by atoms with Crippen LogP contribution in [0.4, 0.5) is 10.1 Å². The van der Waals surface area contributed by atoms with E-state index in [1.807, 2.05) is 4.90 Å². The molecule has 2 heterocycles. The van der Waals surface area contributed by atoms with Crippen LogP contribution in [0.2, 0.25) is 0 Å². The minimum absolute atomic E-state index is 0.0489. The number of nitrogens with zero attached hydrogens (tertiary/aromatic N) is 3. The smallest absolute Gasteiger partial charge is 0.258 e. The van der Waals surface area contributed by atoms with Crippen molar-refractivity contribution in [2.24, 2.45) is 5.92 Å². The van der Waals surface area contributed by atoms with Gasteiger partial charge in [0.15, 0.2) is 5.78 Å². The highest BCUT2D eigenvalue weighted by molar-refractivity contribution is 6.05. The van der Waals surface area contributed by atoms with E-state index in [4.69, 9.17) is 5.41 Å². The molecule has 1 N–H and O–H groups in total. The second kappa shape index (κ2) is 7.88. The van der Waals surface area contributed by atoms with Crippen LogP contribution in [0.15, 0.2) is 40.7 Å². The van der Waals surface area contributed by atoms with Crippen molar-refractivity contribution in [3.63, 3.8) is 0 Å². The van der Waals surface area contributed by atoms with E-state index in [0.29, 0.717) is 48.0 Å². The summed E-state index contributed by atoms with van der Waals surface area (Å²) in [7, 11) is 0. The molecule has 1 aromatic carbocycles. The third kappa shape index (κ3) is 3.78. The number of ketones is 1. The normalized spacial score (nSPS) is 15.1. The van der Waals surface area contributed by atoms with E-state index in [1.165, 1.54) is 16.7 Å². The van der Waals surface area contributed by atoms with Crippen molar-refractivity contribution in [3.8, 4) is 5.69 Å². The van der Waals surface area contributed by atoms with Gasteiger partial charge >= 0.3 is 0 Å². The Labute approximate surface area is 162 Å². The molecule has 2 aromatic rings. The molecule has 3 rings (SSSR count). The number of aromatic nitrogens is 2. The number of aryl methyl sites for hydroxylation is 2. The van der Waals surface area contributed by atoms with E-state index in [2.05, 4.69) is 4.98 Å². The number of nitrogens with one attached hydrogen (secondary N) is 1. The average molecular weight is 382 g/mol. The van der Waals surface area contributed by atoms with Gasteiger partial charge < -0.3 is 10.3 Å². The zero-order valence-electron chi connectivity index (χ0n) is 16.2. The Morgan fingerprint density at radius 3 is 2.64 bits per heavy atom. The first kappa shape index (κ1) is 19.7. The molecular formula is C21H23FN4O2. The van der Waals surface area contributed by atoms with Crippen molar-refractivity contribution < 1.29 is 9.18 Å². The number of hydrogen-bond acceptors (Lipinski definition) is 5. The van der Waals surface area contributed by atoms with Crippen molar-refractivity contribution in [1.82, 2.24) is 9.55 Å². The molecule has 0 saturated carbocycles. The van der Waals surface area contributed by atoms with Gasteiger partial charge in [-0.1, -0.05) is 13.0 Å². The van der Waals surface area contributed by atoms with Gasteiger partial charge in [0.05, 0.1) is 17.3 Å². The minimum Gasteiger partial charge on any atom is -0.365 e. The van der Waals surface area contributed by atoms with Gasteiger partial charge in [-0.15, -0.1) is 0 Å². The number of benzene rings is 1. The van der Waals surface area contributed by atoms with Crippen LogP contribution in [-0.4, -0.2) is 34.6 Å². The van der Waals surface area contributed by atoms with E-state index in [0.717, 1.165) is 6.21 Å². The van der Waals surface area contributed by atoms with Crippen LogP contribution < -0.4 is 10.5 Å². The van der Waals surface area contributed by atoms with Crippen molar-refractivity contribution >= 4 is 17.7 Å². The lowest BCUT2D eigenvalue weighted by Crippen LogP contribution is -2.32. The molecule has 1 aromatic heterocycles. The lowest BCUT2D eigenvalue weighted by atomic mass is 9.95. The molecule has 146 valence electrons. The van der Waals surface area contributed by atoms with E-state index in [1.54, 1.807) is 39.0 Å². The summed E-state index contributed by atoms with van der Waals surface area (Å²) >= 11 is 0. The molecule has 0 spiro atoms. The summed E-state index contributed by atoms with van der Waals surface area (Å²) in [6, 6.07) is 6.10. The Bertz CT molecular complexity index is 1030. The first-order chi connectivity index (χ1) is 13.3. The lowest BCUT2D eigenvalue weighted by molar-refractivity contribution is -0.117. The second-order valence-electron chi connectivity index (χ2n) is 7.00. The highest BCUT2D eigenvalue weighted by Crippen LogP contribution is 2.26. The van der Waals surface area contributed by atoms with Crippen LogP contribution in [0.1, 0.15) is 24.9 Å². The third-order valence-electron chi connectivity index (χ3n) is 4.93. The molecule has 28 heavy (non-hydrogen) atoms. The largest absolute Gasteiger partial charge is 0.365 e. The number of rotatable bonds is 5. The summed E-state index contributed by atoms with van der Waals surface area (Å²) in [5, 5.41) is 7.23. The Morgan fingerprint density at radius 1 is 1.32 bits per heavy atom. The molecular weight excluding hydrogens is 359 g/mol. The Hall–Kier alpha value is -3.09. The Balaban J connectivity index is 1.85. The third-order valence-corrected chi connectivity index (χ3v) is 4.93. The van der Waals surface area contributed by atoms with Gasteiger partial charge in [-0.2, -0.15) is 0 Å². The molecule has 0 aliphatic carbocycles. The SMILES string of the molecule is Cc1cc(=O)n(-c2ccc(N3CC=C(C(=O)C(C)C=N)CC3)c(F)c2)c(C)n1. The fourth-order valence-electron chi connectivity index (χ4n) is 3.43. The van der Waals surface area contributed by atoms with Gasteiger partial charge in [-0.25, -0.2) is 9.37 Å². The summed E-state index contributed by atoms with van der Waals surface area (Å²) in [6.07, 6.45) is 3.45. The van der Waals surface area contributed by atoms with Crippen molar-refractivity contribution in [2.45, 2.75) is 27.2 Å². The van der Waals surface area contributed by atoms with Crippen LogP contribution >= 0.6 is 0 Å². The first-order valence-corrected chi connectivity index (χ1v) is 9.18. The van der Waals surface area contributed by atoms with E-state index < -0.39 is 11.7 Å². The van der Waals surface area contributed by atoms with Crippen molar-refractivity contribution in [3.05, 3.63) is 63.6 Å². The lowest BCUT2D eigenvalue weighted by Gasteiger charge is -2.29. The molecule has 7 heteroatoms. The number of carbonyl (C=O) groups is 1. The highest BCUT2D eigenvalue weighted by Gasteiger charge is 2.22. The maximum atomic E-state index is 14.8. The van der Waals surface area contributed by atoms with Gasteiger partial charge in [0.25, 0.3) is 5.56 Å². The fourth-order valence-corrected chi connectivity index (χ4v) is 3.43. The van der Waals surface area contributed by atoms with Gasteiger partial charge in [0.1, 0.15) is 11.6 Å². The van der Waals surface area contributed by atoms with E-state index >= 15 is 0 Å². The van der Waals surface area contributed by atoms with Crippen LogP contribution in [0, 0.1) is 31.0 Å². The van der Waals surface area contributed by atoms with Gasteiger partial charge in [-0.3, -0.25) is 14.2 Å². The number of hydrogen-bond donors (Lipinski definition) is 1. The molecule has 1 aliphatic rings. The molecule has 0 radical (unpaired) electrons. The summed E-state index contributed by atoms with van der Waals surface area (Å²) in [5.41, 5.74) is 1.93. The minimum atomic E-state index is -0.432. The van der Waals surface area contributed by atoms with Crippen LogP contribution in [0.25, 0.3) is 5.69 Å². The van der Waals surface area contributed by atoms with Crippen molar-refractivity contribution in [1.29, 1.82) is 5.41 Å². The predicted molar refractivity (Wildman–Crippen MR) is 107 cm³/mol. The highest BCUT2D eigenvalue weighted by atomic mass is 19.1. The maximum Gasteiger partial charge on any atom is 0.258 e. The first-order valence-electron chi connectivity index (χ1n) is 9.18. The maximum absolute atomic E-state index is 14.8. The predicted octanol–water partition coefficient (Wildman–Crippen LogP) is 2.98. The second-order valence-corrected chi connectivity index (χ2v) is 7.00. The molecule has 6 nitrogen and oxygen atoms in total. The summed E-state index contributed by atoms with van der Waals surface area (Å²) < 4.78 is 16.2. The summed E-state index contributed by atoms with van der Waals surface area (Å²) in [5.74, 6) is -0.410. The molecule has 1 unspecified atom stereocenters. The van der Waals surface area contributed by atoms with Crippen LogP contribution in [0.3, 0.4) is 0 Å². The molecule has 0 bridgehead atoms. The fraction of sp³-hybridized carbons (Fsp3) is 0.333. The van der Waals surface area contributed by atoms with E-state index in [9.17, 15) is 14.0 Å². The number of anilines is 1. The number of Topliss-reactive ketones (excluding diaryl/α,β-unsaturated/α-hetero) is 1. The summed E-state index contributed by atoms with van der Waals surface area (Å²) in [6.45, 7) is 6.10. The van der Waals surface area contributed by atoms with Crippen LogP contribution in [-0.2, 0) is 4.79 Å².